The van der Waals surface area contributed by atoms with E-state index >= 15 is 0 Å². The van der Waals surface area contributed by atoms with Gasteiger partial charge in [0.05, 0.1) is 11.7 Å². The van der Waals surface area contributed by atoms with Crippen LogP contribution in [-0.2, 0) is 11.3 Å². The Morgan fingerprint density at radius 3 is 2.93 bits per heavy atom. The second-order valence-electron chi connectivity index (χ2n) is 7.79. The lowest BCUT2D eigenvalue weighted by Crippen LogP contribution is -2.45. The van der Waals surface area contributed by atoms with Gasteiger partial charge in [0.1, 0.15) is 12.1 Å². The van der Waals surface area contributed by atoms with Crippen LogP contribution in [0.2, 0.25) is 0 Å². The predicted octanol–water partition coefficient (Wildman–Crippen LogP) is 2.56. The smallest absolute Gasteiger partial charge is 0.237 e. The second kappa shape index (κ2) is 8.84. The van der Waals surface area contributed by atoms with Crippen LogP contribution in [0.4, 0.5) is 4.39 Å². The molecule has 2 unspecified atom stereocenters. The molecular weight excluding hydrogens is 359 g/mol. The number of amides is 1. The van der Waals surface area contributed by atoms with Crippen LogP contribution in [0.25, 0.3) is 11.5 Å². The highest BCUT2D eigenvalue weighted by Crippen LogP contribution is 2.22. The van der Waals surface area contributed by atoms with Gasteiger partial charge in [-0.3, -0.25) is 9.69 Å². The Morgan fingerprint density at radius 2 is 2.14 bits per heavy atom. The van der Waals surface area contributed by atoms with Gasteiger partial charge in [-0.2, -0.15) is 0 Å². The number of hydrogen-bond acceptors (Lipinski definition) is 5. The summed E-state index contributed by atoms with van der Waals surface area (Å²) in [5, 5.41) is 6.36. The van der Waals surface area contributed by atoms with E-state index in [-0.39, 0.29) is 17.8 Å². The number of nitrogens with one attached hydrogen (secondary N) is 2. The number of piperidine rings is 1. The fourth-order valence-electron chi connectivity index (χ4n) is 4.07. The van der Waals surface area contributed by atoms with Crippen molar-refractivity contribution in [2.45, 2.75) is 38.3 Å². The van der Waals surface area contributed by atoms with Crippen molar-refractivity contribution in [1.82, 2.24) is 20.5 Å². The Balaban J connectivity index is 1.28. The minimum atomic E-state index is -0.273. The van der Waals surface area contributed by atoms with Crippen molar-refractivity contribution in [3.8, 4) is 11.5 Å². The molecular formula is C21H27FN4O2. The van der Waals surface area contributed by atoms with Gasteiger partial charge in [-0.05, 0) is 69.0 Å². The topological polar surface area (TPSA) is 70.4 Å². The van der Waals surface area contributed by atoms with E-state index in [0.29, 0.717) is 11.8 Å². The number of halogens is 1. The lowest BCUT2D eigenvalue weighted by atomic mass is 9.97. The molecule has 28 heavy (non-hydrogen) atoms. The number of hydrogen-bond donors (Lipinski definition) is 2. The van der Waals surface area contributed by atoms with Gasteiger partial charge >= 0.3 is 0 Å². The summed E-state index contributed by atoms with van der Waals surface area (Å²) in [6, 6.07) is 6.14. The molecule has 0 spiro atoms. The van der Waals surface area contributed by atoms with Crippen molar-refractivity contribution in [2.75, 3.05) is 26.2 Å². The summed E-state index contributed by atoms with van der Waals surface area (Å²) in [6.07, 6.45) is 5.94. The molecule has 0 radical (unpaired) electrons. The van der Waals surface area contributed by atoms with E-state index in [1.54, 1.807) is 18.4 Å². The van der Waals surface area contributed by atoms with Gasteiger partial charge in [-0.15, -0.1) is 0 Å². The third kappa shape index (κ3) is 4.77. The first-order valence-electron chi connectivity index (χ1n) is 10.1. The summed E-state index contributed by atoms with van der Waals surface area (Å²) in [6.45, 7) is 4.35. The molecule has 1 amide bonds. The van der Waals surface area contributed by atoms with Crippen molar-refractivity contribution in [3.05, 3.63) is 42.0 Å². The molecule has 2 fully saturated rings. The SMILES string of the molecule is O=C(NCC1CCCN(Cc2coc(-c3ccc(F)cc3)n2)C1)C1CCCN1. The van der Waals surface area contributed by atoms with E-state index in [4.69, 9.17) is 4.42 Å². The van der Waals surface area contributed by atoms with E-state index in [9.17, 15) is 9.18 Å². The van der Waals surface area contributed by atoms with Gasteiger partial charge in [0.2, 0.25) is 11.8 Å². The molecule has 6 nitrogen and oxygen atoms in total. The third-order valence-electron chi connectivity index (χ3n) is 5.57. The van der Waals surface area contributed by atoms with Crippen molar-refractivity contribution in [2.24, 2.45) is 5.92 Å². The Bertz CT molecular complexity index is 786. The Kier molecular flexibility index (Phi) is 6.02. The van der Waals surface area contributed by atoms with Crippen LogP contribution < -0.4 is 10.6 Å². The van der Waals surface area contributed by atoms with Crippen LogP contribution in [0.3, 0.4) is 0 Å². The molecule has 0 aliphatic carbocycles. The molecule has 2 aliphatic heterocycles. The second-order valence-corrected chi connectivity index (χ2v) is 7.79. The van der Waals surface area contributed by atoms with Crippen LogP contribution in [0.15, 0.2) is 34.9 Å². The maximum Gasteiger partial charge on any atom is 0.237 e. The number of rotatable bonds is 6. The largest absolute Gasteiger partial charge is 0.444 e. The van der Waals surface area contributed by atoms with E-state index < -0.39 is 0 Å². The fourth-order valence-corrected chi connectivity index (χ4v) is 4.07. The van der Waals surface area contributed by atoms with Gasteiger partial charge in [-0.1, -0.05) is 0 Å². The molecule has 2 saturated heterocycles. The molecule has 4 rings (SSSR count). The number of likely N-dealkylation sites (tertiary alicyclic amines) is 1. The Hall–Kier alpha value is -2.25. The summed E-state index contributed by atoms with van der Waals surface area (Å²) in [4.78, 5) is 19.1. The maximum atomic E-state index is 13.1. The molecule has 2 atom stereocenters. The summed E-state index contributed by atoms with van der Waals surface area (Å²) >= 11 is 0. The predicted molar refractivity (Wildman–Crippen MR) is 104 cm³/mol. The number of carbonyl (C=O) groups is 1. The highest BCUT2D eigenvalue weighted by atomic mass is 19.1. The van der Waals surface area contributed by atoms with Crippen molar-refractivity contribution in [3.63, 3.8) is 0 Å². The van der Waals surface area contributed by atoms with E-state index in [1.165, 1.54) is 12.1 Å². The highest BCUT2D eigenvalue weighted by molar-refractivity contribution is 5.81. The van der Waals surface area contributed by atoms with Gasteiger partial charge < -0.3 is 15.1 Å². The lowest BCUT2D eigenvalue weighted by Gasteiger charge is -2.32. The zero-order valence-electron chi connectivity index (χ0n) is 16.0. The fraction of sp³-hybridized carbons (Fsp3) is 0.524. The van der Waals surface area contributed by atoms with Crippen LogP contribution in [0.5, 0.6) is 0 Å². The average Bonchev–Trinajstić information content (AvgIpc) is 3.39. The first kappa shape index (κ1) is 19.1. The minimum absolute atomic E-state index is 0.0142. The summed E-state index contributed by atoms with van der Waals surface area (Å²) in [7, 11) is 0. The molecule has 2 aromatic rings. The first-order valence-corrected chi connectivity index (χ1v) is 10.1. The number of nitrogens with zero attached hydrogens (tertiary/aromatic N) is 2. The van der Waals surface area contributed by atoms with E-state index in [1.807, 2.05) is 0 Å². The summed E-state index contributed by atoms with van der Waals surface area (Å²) in [5.74, 6) is 0.836. The normalized spacial score (nSPS) is 23.0. The third-order valence-corrected chi connectivity index (χ3v) is 5.57. The van der Waals surface area contributed by atoms with Gasteiger partial charge in [-0.25, -0.2) is 9.37 Å². The first-order chi connectivity index (χ1) is 13.7. The van der Waals surface area contributed by atoms with Crippen molar-refractivity contribution >= 4 is 5.91 Å². The van der Waals surface area contributed by atoms with Crippen LogP contribution >= 0.6 is 0 Å². The van der Waals surface area contributed by atoms with Gasteiger partial charge in [0.15, 0.2) is 0 Å². The van der Waals surface area contributed by atoms with Gasteiger partial charge in [0, 0.05) is 25.2 Å². The zero-order chi connectivity index (χ0) is 19.3. The number of aromatic nitrogens is 1. The quantitative estimate of drug-likeness (QED) is 0.799. The van der Waals surface area contributed by atoms with Crippen LogP contribution in [-0.4, -0.2) is 48.0 Å². The molecule has 0 saturated carbocycles. The molecule has 0 bridgehead atoms. The molecule has 7 heteroatoms. The number of oxazole rings is 1. The molecule has 3 heterocycles. The molecule has 1 aromatic heterocycles. The number of benzene rings is 1. The molecule has 2 N–H and O–H groups in total. The average molecular weight is 386 g/mol. The Morgan fingerprint density at radius 1 is 1.29 bits per heavy atom. The minimum Gasteiger partial charge on any atom is -0.444 e. The number of carbonyl (C=O) groups excluding carboxylic acids is 1. The molecule has 2 aliphatic rings. The summed E-state index contributed by atoms with van der Waals surface area (Å²) in [5.41, 5.74) is 1.64. The summed E-state index contributed by atoms with van der Waals surface area (Å²) < 4.78 is 18.6. The van der Waals surface area contributed by atoms with Crippen LogP contribution in [0, 0.1) is 11.7 Å². The molecule has 1 aromatic carbocycles. The maximum absolute atomic E-state index is 13.1. The van der Waals surface area contributed by atoms with Crippen molar-refractivity contribution in [1.29, 1.82) is 0 Å². The Labute approximate surface area is 164 Å². The van der Waals surface area contributed by atoms with E-state index in [0.717, 1.165) is 69.7 Å². The highest BCUT2D eigenvalue weighted by Gasteiger charge is 2.25. The monoisotopic (exact) mass is 386 g/mol. The standard InChI is InChI=1S/C21H27FN4O2/c22-17-7-5-16(6-8-17)21-25-18(14-28-21)13-26-10-2-3-15(12-26)11-24-20(27)19-4-1-9-23-19/h5-8,14-15,19,23H,1-4,9-13H2,(H,24,27). The van der Waals surface area contributed by atoms with E-state index in [2.05, 4.69) is 20.5 Å². The zero-order valence-corrected chi connectivity index (χ0v) is 16.0. The van der Waals surface area contributed by atoms with Gasteiger partial charge in [0.25, 0.3) is 0 Å². The van der Waals surface area contributed by atoms with Crippen LogP contribution in [0.1, 0.15) is 31.4 Å². The lowest BCUT2D eigenvalue weighted by molar-refractivity contribution is -0.123. The molecule has 150 valence electrons. The van der Waals surface area contributed by atoms with Crippen molar-refractivity contribution < 1.29 is 13.6 Å².